The fourth-order valence-electron chi connectivity index (χ4n) is 4.15. The second-order valence-electron chi connectivity index (χ2n) is 8.04. The van der Waals surface area contributed by atoms with Gasteiger partial charge >= 0.3 is 0 Å². The summed E-state index contributed by atoms with van der Waals surface area (Å²) in [5, 5.41) is 23.8. The van der Waals surface area contributed by atoms with E-state index in [0.717, 1.165) is 23.9 Å². The summed E-state index contributed by atoms with van der Waals surface area (Å²) in [6.45, 7) is 1.33. The van der Waals surface area contributed by atoms with E-state index in [-0.39, 0.29) is 24.5 Å². The second-order valence-corrected chi connectivity index (χ2v) is 8.04. The number of nitrogens with zero attached hydrogens (tertiary/aromatic N) is 2. The molecule has 2 aliphatic carbocycles. The van der Waals surface area contributed by atoms with Crippen LogP contribution in [0.25, 0.3) is 0 Å². The van der Waals surface area contributed by atoms with Gasteiger partial charge in [0.15, 0.2) is 5.82 Å². The molecule has 4 atom stereocenters. The van der Waals surface area contributed by atoms with Crippen LogP contribution < -0.4 is 10.1 Å². The lowest BCUT2D eigenvalue weighted by Gasteiger charge is -2.25. The van der Waals surface area contributed by atoms with E-state index in [1.807, 2.05) is 36.4 Å². The largest absolute Gasteiger partial charge is 0.486 e. The minimum Gasteiger partial charge on any atom is -0.486 e. The third kappa shape index (κ3) is 4.87. The van der Waals surface area contributed by atoms with E-state index in [1.165, 1.54) is 12.8 Å². The third-order valence-corrected chi connectivity index (χ3v) is 5.95. The normalized spacial score (nSPS) is 27.1. The Morgan fingerprint density at radius 2 is 1.93 bits per heavy atom. The molecule has 0 radical (unpaired) electrons. The molecule has 2 aliphatic rings. The zero-order chi connectivity index (χ0) is 19.3. The monoisotopic (exact) mass is 383 g/mol. The van der Waals surface area contributed by atoms with Gasteiger partial charge in [-0.3, -0.25) is 0 Å². The Hall–Kier alpha value is -2.02. The quantitative estimate of drug-likeness (QED) is 0.614. The minimum atomic E-state index is -0.463. The number of benzene rings is 1. The average molecular weight is 383 g/mol. The van der Waals surface area contributed by atoms with Crippen LogP contribution in [0.3, 0.4) is 0 Å². The topological polar surface area (TPSA) is 87.5 Å². The smallest absolute Gasteiger partial charge is 0.166 e. The van der Waals surface area contributed by atoms with Crippen molar-refractivity contribution in [3.63, 3.8) is 0 Å². The molecule has 6 heteroatoms. The fraction of sp³-hybridized carbons (Fsp3) is 0.545. The standard InChI is InChI=1S/C22H29N3O3/c26-13-19-18(20(11-21(19)27)24-12-15-6-7-15)10-16-8-9-23-22(25-16)14-28-17-4-2-1-3-5-17/h1-5,8-9,15,18-21,24,26-27H,6-7,10-14H2/t18-,19-,20-,21-/m1/s1. The minimum absolute atomic E-state index is 0.00248. The predicted molar refractivity (Wildman–Crippen MR) is 106 cm³/mol. The molecule has 2 fully saturated rings. The van der Waals surface area contributed by atoms with Crippen LogP contribution in [0.2, 0.25) is 0 Å². The number of nitrogens with one attached hydrogen (secondary N) is 1. The maximum Gasteiger partial charge on any atom is 0.166 e. The molecule has 150 valence electrons. The highest BCUT2D eigenvalue weighted by molar-refractivity contribution is 5.21. The van der Waals surface area contributed by atoms with Gasteiger partial charge < -0.3 is 20.3 Å². The molecule has 3 N–H and O–H groups in total. The highest BCUT2D eigenvalue weighted by atomic mass is 16.5. The van der Waals surface area contributed by atoms with Crippen LogP contribution >= 0.6 is 0 Å². The molecule has 1 heterocycles. The van der Waals surface area contributed by atoms with Gasteiger partial charge in [0, 0.05) is 30.5 Å². The van der Waals surface area contributed by atoms with E-state index < -0.39 is 6.10 Å². The number of hydrogen-bond donors (Lipinski definition) is 3. The molecule has 2 aromatic rings. The first-order valence-corrected chi connectivity index (χ1v) is 10.2. The van der Waals surface area contributed by atoms with Crippen molar-refractivity contribution < 1.29 is 14.9 Å². The number of aromatic nitrogens is 2. The molecule has 4 rings (SSSR count). The first-order valence-electron chi connectivity index (χ1n) is 10.2. The average Bonchev–Trinajstić information content (AvgIpc) is 3.50. The summed E-state index contributed by atoms with van der Waals surface area (Å²) < 4.78 is 5.75. The summed E-state index contributed by atoms with van der Waals surface area (Å²) in [4.78, 5) is 8.98. The Morgan fingerprint density at radius 3 is 2.68 bits per heavy atom. The summed E-state index contributed by atoms with van der Waals surface area (Å²) in [5.74, 6) is 2.27. The fourth-order valence-corrected chi connectivity index (χ4v) is 4.15. The van der Waals surface area contributed by atoms with E-state index in [2.05, 4.69) is 15.3 Å². The van der Waals surface area contributed by atoms with Crippen molar-refractivity contribution in [2.45, 2.75) is 44.4 Å². The molecule has 0 saturated heterocycles. The van der Waals surface area contributed by atoms with Crippen molar-refractivity contribution in [2.24, 2.45) is 17.8 Å². The zero-order valence-corrected chi connectivity index (χ0v) is 16.1. The van der Waals surface area contributed by atoms with Crippen LogP contribution in [0.5, 0.6) is 5.75 Å². The summed E-state index contributed by atoms with van der Waals surface area (Å²) in [7, 11) is 0. The van der Waals surface area contributed by atoms with Crippen LogP contribution in [0.4, 0.5) is 0 Å². The summed E-state index contributed by atoms with van der Waals surface area (Å²) in [6.07, 6.45) is 5.30. The Morgan fingerprint density at radius 1 is 1.11 bits per heavy atom. The van der Waals surface area contributed by atoms with Gasteiger partial charge in [0.1, 0.15) is 12.4 Å². The lowest BCUT2D eigenvalue weighted by molar-refractivity contribution is 0.0716. The third-order valence-electron chi connectivity index (χ3n) is 5.95. The number of aliphatic hydroxyl groups excluding tert-OH is 2. The Bertz CT molecular complexity index is 754. The van der Waals surface area contributed by atoms with Gasteiger partial charge in [0.05, 0.1) is 6.10 Å². The van der Waals surface area contributed by atoms with Crippen LogP contribution in [-0.4, -0.2) is 45.5 Å². The Balaban J connectivity index is 1.40. The molecule has 1 aromatic carbocycles. The molecule has 1 aromatic heterocycles. The van der Waals surface area contributed by atoms with Crippen molar-refractivity contribution in [2.75, 3.05) is 13.2 Å². The number of rotatable bonds is 9. The van der Waals surface area contributed by atoms with E-state index in [0.29, 0.717) is 25.3 Å². The maximum atomic E-state index is 10.4. The molecule has 0 aliphatic heterocycles. The highest BCUT2D eigenvalue weighted by Crippen LogP contribution is 2.36. The molecule has 2 saturated carbocycles. The zero-order valence-electron chi connectivity index (χ0n) is 16.1. The van der Waals surface area contributed by atoms with Gasteiger partial charge in [-0.1, -0.05) is 18.2 Å². The molecule has 0 amide bonds. The molecule has 0 spiro atoms. The van der Waals surface area contributed by atoms with Crippen molar-refractivity contribution in [1.82, 2.24) is 15.3 Å². The van der Waals surface area contributed by atoms with E-state index in [1.54, 1.807) is 6.20 Å². The SMILES string of the molecule is OC[C@@H]1[C@@H](Cc2ccnc(COc3ccccc3)n2)[C@H](NCC2CC2)C[C@H]1O. The van der Waals surface area contributed by atoms with Crippen LogP contribution in [0, 0.1) is 17.8 Å². The highest BCUT2D eigenvalue weighted by Gasteiger charge is 2.42. The first kappa shape index (κ1) is 19.3. The summed E-state index contributed by atoms with van der Waals surface area (Å²) in [6, 6.07) is 11.8. The van der Waals surface area contributed by atoms with Gasteiger partial charge in [0.25, 0.3) is 0 Å². The van der Waals surface area contributed by atoms with Crippen molar-refractivity contribution >= 4 is 0 Å². The van der Waals surface area contributed by atoms with Gasteiger partial charge in [0.2, 0.25) is 0 Å². The van der Waals surface area contributed by atoms with Gasteiger partial charge in [-0.15, -0.1) is 0 Å². The lowest BCUT2D eigenvalue weighted by atomic mass is 9.88. The van der Waals surface area contributed by atoms with Gasteiger partial charge in [-0.2, -0.15) is 0 Å². The lowest BCUT2D eigenvalue weighted by Crippen LogP contribution is -2.37. The number of ether oxygens (including phenoxy) is 1. The Labute approximate surface area is 166 Å². The van der Waals surface area contributed by atoms with Crippen LogP contribution in [0.15, 0.2) is 42.6 Å². The second kappa shape index (κ2) is 8.99. The molecule has 6 nitrogen and oxygen atoms in total. The predicted octanol–water partition coefficient (Wildman–Crippen LogP) is 1.96. The number of para-hydroxylation sites is 1. The van der Waals surface area contributed by atoms with E-state index >= 15 is 0 Å². The molecule has 0 unspecified atom stereocenters. The van der Waals surface area contributed by atoms with Crippen molar-refractivity contribution in [1.29, 1.82) is 0 Å². The molecular formula is C22H29N3O3. The van der Waals surface area contributed by atoms with E-state index in [4.69, 9.17) is 4.74 Å². The summed E-state index contributed by atoms with van der Waals surface area (Å²) in [5.41, 5.74) is 0.928. The number of aliphatic hydroxyl groups is 2. The molecular weight excluding hydrogens is 354 g/mol. The number of hydrogen-bond acceptors (Lipinski definition) is 6. The summed E-state index contributed by atoms with van der Waals surface area (Å²) >= 11 is 0. The van der Waals surface area contributed by atoms with Crippen molar-refractivity contribution in [3.05, 3.63) is 54.1 Å². The van der Waals surface area contributed by atoms with Crippen molar-refractivity contribution in [3.8, 4) is 5.75 Å². The van der Waals surface area contributed by atoms with E-state index in [9.17, 15) is 10.2 Å². The Kier molecular flexibility index (Phi) is 6.20. The van der Waals surface area contributed by atoms with Gasteiger partial charge in [-0.25, -0.2) is 9.97 Å². The first-order chi connectivity index (χ1) is 13.7. The van der Waals surface area contributed by atoms with Gasteiger partial charge in [-0.05, 0) is 62.3 Å². The molecule has 28 heavy (non-hydrogen) atoms. The van der Waals surface area contributed by atoms with Crippen LogP contribution in [0.1, 0.15) is 30.8 Å². The molecule has 0 bridgehead atoms. The van der Waals surface area contributed by atoms with Crippen LogP contribution in [-0.2, 0) is 13.0 Å². The maximum absolute atomic E-state index is 10.4.